The third-order valence-electron chi connectivity index (χ3n) is 5.47. The topological polar surface area (TPSA) is 54.5 Å². The summed E-state index contributed by atoms with van der Waals surface area (Å²) in [4.78, 5) is 20.8. The Hall–Kier alpha value is -2.86. The summed E-state index contributed by atoms with van der Waals surface area (Å²) in [5.41, 5.74) is 5.13. The minimum Gasteiger partial charge on any atom is -0.493 e. The number of anilines is 1. The maximum atomic E-state index is 13.5. The van der Waals surface area contributed by atoms with Crippen LogP contribution in [-0.2, 0) is 0 Å². The molecule has 1 aromatic carbocycles. The molecule has 0 fully saturated rings. The third-order valence-corrected chi connectivity index (χ3v) is 6.67. The van der Waals surface area contributed by atoms with Gasteiger partial charge in [0.15, 0.2) is 0 Å². The summed E-state index contributed by atoms with van der Waals surface area (Å²) in [5.74, 6) is 1.24. The summed E-state index contributed by atoms with van der Waals surface area (Å²) in [5, 5.41) is 3.25. The predicted octanol–water partition coefficient (Wildman–Crippen LogP) is 5.68. The highest BCUT2D eigenvalue weighted by atomic mass is 32.1. The molecule has 1 N–H and O–H groups in total. The minimum atomic E-state index is -0.0650. The molecule has 0 aliphatic carbocycles. The van der Waals surface area contributed by atoms with Gasteiger partial charge in [0, 0.05) is 32.3 Å². The van der Waals surface area contributed by atoms with E-state index in [1.807, 2.05) is 55.5 Å². The molecule has 0 unspecified atom stereocenters. The summed E-state index contributed by atoms with van der Waals surface area (Å²) in [6, 6.07) is 9.90. The van der Waals surface area contributed by atoms with E-state index in [9.17, 15) is 4.79 Å². The van der Waals surface area contributed by atoms with Gasteiger partial charge in [0.05, 0.1) is 23.0 Å². The first-order valence-corrected chi connectivity index (χ1v) is 11.5. The van der Waals surface area contributed by atoms with Crippen LogP contribution < -0.4 is 15.0 Å². The summed E-state index contributed by atoms with van der Waals surface area (Å²) >= 11 is 1.52. The maximum Gasteiger partial charge on any atom is 0.264 e. The zero-order valence-electron chi connectivity index (χ0n) is 18.7. The average molecular weight is 436 g/mol. The van der Waals surface area contributed by atoms with Gasteiger partial charge in [0.2, 0.25) is 0 Å². The minimum absolute atomic E-state index is 0.0623. The molecule has 0 radical (unpaired) electrons. The number of hydrogen-bond donors (Lipinski definition) is 1. The lowest BCUT2D eigenvalue weighted by molar-refractivity contribution is 0.0929. The Morgan fingerprint density at radius 3 is 2.81 bits per heavy atom. The lowest BCUT2D eigenvalue weighted by atomic mass is 10.0. The zero-order valence-corrected chi connectivity index (χ0v) is 19.5. The van der Waals surface area contributed by atoms with Crippen molar-refractivity contribution < 1.29 is 9.53 Å². The second-order valence-electron chi connectivity index (χ2n) is 8.51. The molecule has 1 aliphatic rings. The predicted molar refractivity (Wildman–Crippen MR) is 129 cm³/mol. The maximum absolute atomic E-state index is 13.5. The third kappa shape index (κ3) is 4.17. The number of nitrogens with one attached hydrogen (secondary N) is 1. The van der Waals surface area contributed by atoms with Gasteiger partial charge in [-0.1, -0.05) is 38.1 Å². The van der Waals surface area contributed by atoms with E-state index >= 15 is 0 Å². The van der Waals surface area contributed by atoms with Crippen LogP contribution in [0.1, 0.15) is 54.0 Å². The fourth-order valence-electron chi connectivity index (χ4n) is 4.16. The van der Waals surface area contributed by atoms with E-state index < -0.39 is 0 Å². The van der Waals surface area contributed by atoms with Crippen LogP contribution in [0.4, 0.5) is 5.69 Å². The van der Waals surface area contributed by atoms with E-state index in [0.717, 1.165) is 39.2 Å². The second kappa shape index (κ2) is 8.71. The van der Waals surface area contributed by atoms with Gasteiger partial charge in [-0.05, 0) is 36.1 Å². The van der Waals surface area contributed by atoms with Gasteiger partial charge in [0.1, 0.15) is 16.1 Å². The fraction of sp³-hybridized carbons (Fsp3) is 0.360. The Kier molecular flexibility index (Phi) is 6.01. The number of aromatic nitrogens is 1. The van der Waals surface area contributed by atoms with Crippen molar-refractivity contribution in [3.05, 3.63) is 58.6 Å². The van der Waals surface area contributed by atoms with Crippen LogP contribution in [0.3, 0.4) is 0 Å². The first-order valence-electron chi connectivity index (χ1n) is 10.7. The number of allylic oxidation sites excluding steroid dienone is 2. The Balaban J connectivity index is 1.75. The van der Waals surface area contributed by atoms with Crippen molar-refractivity contribution in [1.29, 1.82) is 0 Å². The Morgan fingerprint density at radius 2 is 2.06 bits per heavy atom. The number of thiophene rings is 1. The Labute approximate surface area is 187 Å². The summed E-state index contributed by atoms with van der Waals surface area (Å²) in [6.45, 7) is 7.07. The number of pyridine rings is 1. The molecule has 0 spiro atoms. The van der Waals surface area contributed by atoms with Gasteiger partial charge < -0.3 is 15.0 Å². The van der Waals surface area contributed by atoms with Crippen LogP contribution in [0.25, 0.3) is 15.8 Å². The molecule has 0 bridgehead atoms. The number of rotatable bonds is 5. The van der Waals surface area contributed by atoms with Gasteiger partial charge in [0.25, 0.3) is 5.91 Å². The fourth-order valence-corrected chi connectivity index (χ4v) is 5.48. The number of fused-ring (bicyclic) bond motifs is 2. The first-order chi connectivity index (χ1) is 14.9. The smallest absolute Gasteiger partial charge is 0.264 e. The van der Waals surface area contributed by atoms with Crippen molar-refractivity contribution in [3.8, 4) is 5.75 Å². The number of benzene rings is 1. The van der Waals surface area contributed by atoms with E-state index in [0.29, 0.717) is 17.4 Å². The Morgan fingerprint density at radius 1 is 1.29 bits per heavy atom. The van der Waals surface area contributed by atoms with Gasteiger partial charge in [-0.15, -0.1) is 11.3 Å². The largest absolute Gasteiger partial charge is 0.493 e. The monoisotopic (exact) mass is 435 g/mol. The highest BCUT2D eigenvalue weighted by Crippen LogP contribution is 2.41. The van der Waals surface area contributed by atoms with E-state index in [-0.39, 0.29) is 11.9 Å². The van der Waals surface area contributed by atoms with Crippen molar-refractivity contribution >= 4 is 38.7 Å². The molecule has 162 valence electrons. The van der Waals surface area contributed by atoms with Gasteiger partial charge in [-0.3, -0.25) is 9.78 Å². The van der Waals surface area contributed by atoms with Crippen LogP contribution in [0.15, 0.2) is 42.6 Å². The molecule has 3 heterocycles. The van der Waals surface area contributed by atoms with Crippen LogP contribution in [0.2, 0.25) is 0 Å². The van der Waals surface area contributed by atoms with Gasteiger partial charge >= 0.3 is 0 Å². The lowest BCUT2D eigenvalue weighted by Gasteiger charge is -2.26. The van der Waals surface area contributed by atoms with Crippen LogP contribution in [0.5, 0.6) is 5.75 Å². The molecular weight excluding hydrogens is 406 g/mol. The number of nitrogens with zero attached hydrogens (tertiary/aromatic N) is 2. The lowest BCUT2D eigenvalue weighted by Crippen LogP contribution is -2.32. The molecule has 3 aromatic rings. The molecule has 0 saturated carbocycles. The van der Waals surface area contributed by atoms with Gasteiger partial charge in [-0.25, -0.2) is 0 Å². The molecule has 6 heteroatoms. The quantitative estimate of drug-likeness (QED) is 0.561. The number of amides is 1. The SMILES string of the molecule is C/C(=C\C(C)C)c1ccnc2c(N(C)C)c(C(=O)N[C@H]3CCOc4ccccc43)sc12. The molecule has 5 nitrogen and oxygen atoms in total. The number of hydrogen-bond acceptors (Lipinski definition) is 5. The molecule has 31 heavy (non-hydrogen) atoms. The molecule has 0 saturated heterocycles. The molecular formula is C25H29N3O2S. The number of carbonyl (C=O) groups is 1. The highest BCUT2D eigenvalue weighted by molar-refractivity contribution is 7.21. The van der Waals surface area contributed by atoms with Crippen molar-refractivity contribution in [2.45, 2.75) is 33.2 Å². The molecule has 1 amide bonds. The van der Waals surface area contributed by atoms with Gasteiger partial charge in [-0.2, -0.15) is 0 Å². The summed E-state index contributed by atoms with van der Waals surface area (Å²) in [6.07, 6.45) is 4.85. The van der Waals surface area contributed by atoms with E-state index in [1.165, 1.54) is 16.9 Å². The van der Waals surface area contributed by atoms with Crippen LogP contribution in [0, 0.1) is 5.92 Å². The number of ether oxygens (including phenoxy) is 1. The molecule has 2 aromatic heterocycles. The van der Waals surface area contributed by atoms with Crippen molar-refractivity contribution in [3.63, 3.8) is 0 Å². The number of para-hydroxylation sites is 1. The van der Waals surface area contributed by atoms with Crippen molar-refractivity contribution in [2.75, 3.05) is 25.6 Å². The van der Waals surface area contributed by atoms with Crippen molar-refractivity contribution in [2.24, 2.45) is 5.92 Å². The van der Waals surface area contributed by atoms with Crippen molar-refractivity contribution in [1.82, 2.24) is 10.3 Å². The standard InChI is InChI=1S/C25H29N3O2S/c1-15(2)14-16(3)17-10-12-26-21-22(28(4)5)24(31-23(17)21)25(29)27-19-11-13-30-20-9-7-6-8-18(19)20/h6-10,12,14-15,19H,11,13H2,1-5H3,(H,27,29)/b16-14+/t19-/m0/s1. The average Bonchev–Trinajstić information content (AvgIpc) is 3.13. The van der Waals surface area contributed by atoms with Crippen LogP contribution in [-0.4, -0.2) is 31.6 Å². The van der Waals surface area contributed by atoms with E-state index in [1.54, 1.807) is 0 Å². The molecule has 4 rings (SSSR count). The number of carbonyl (C=O) groups excluding carboxylic acids is 1. The second-order valence-corrected chi connectivity index (χ2v) is 9.53. The Bertz CT molecular complexity index is 1150. The summed E-state index contributed by atoms with van der Waals surface area (Å²) < 4.78 is 6.81. The first kappa shape index (κ1) is 21.4. The zero-order chi connectivity index (χ0) is 22.1. The van der Waals surface area contributed by atoms with E-state index in [2.05, 4.69) is 37.1 Å². The molecule has 1 atom stereocenters. The van der Waals surface area contributed by atoms with E-state index in [4.69, 9.17) is 4.74 Å². The molecule has 1 aliphatic heterocycles. The summed E-state index contributed by atoms with van der Waals surface area (Å²) in [7, 11) is 3.93. The normalized spacial score (nSPS) is 16.2. The van der Waals surface area contributed by atoms with Crippen LogP contribution >= 0.6 is 11.3 Å². The highest BCUT2D eigenvalue weighted by Gasteiger charge is 2.27.